The number of aromatic nitrogens is 1. The Morgan fingerprint density at radius 2 is 2.10 bits per heavy atom. The normalized spacial score (nSPS) is 23.1. The number of hydrogen-bond donors (Lipinski definition) is 1. The van der Waals surface area contributed by atoms with E-state index < -0.39 is 5.97 Å². The molecule has 2 aliphatic rings. The zero-order chi connectivity index (χ0) is 20.0. The number of benzene rings is 1. The average Bonchev–Trinajstić information content (AvgIpc) is 3.42. The molecule has 1 N–H and O–H groups in total. The number of aromatic carboxylic acids is 1. The molecule has 1 fully saturated rings. The van der Waals surface area contributed by atoms with E-state index in [4.69, 9.17) is 9.41 Å². The van der Waals surface area contributed by atoms with Crippen molar-refractivity contribution in [2.45, 2.75) is 24.3 Å². The van der Waals surface area contributed by atoms with Crippen LogP contribution in [0.1, 0.15) is 40.8 Å². The van der Waals surface area contributed by atoms with E-state index in [2.05, 4.69) is 16.8 Å². The Hall–Kier alpha value is -3.06. The van der Waals surface area contributed by atoms with E-state index in [1.165, 1.54) is 0 Å². The summed E-state index contributed by atoms with van der Waals surface area (Å²) in [5.74, 6) is 0.506. The molecule has 0 bridgehead atoms. The summed E-state index contributed by atoms with van der Waals surface area (Å²) in [5, 5.41) is 10.8. The number of thioether (sulfide) groups is 1. The number of fused-ring (bicyclic) bond motifs is 1. The molecule has 6 nitrogen and oxygen atoms in total. The number of rotatable bonds is 4. The number of aliphatic imine (C=N–C) groups is 1. The van der Waals surface area contributed by atoms with Crippen LogP contribution in [0.4, 0.5) is 0 Å². The Labute approximate surface area is 172 Å². The van der Waals surface area contributed by atoms with Gasteiger partial charge >= 0.3 is 5.97 Å². The van der Waals surface area contributed by atoms with Crippen LogP contribution in [-0.2, 0) is 0 Å². The van der Waals surface area contributed by atoms with Crippen molar-refractivity contribution in [3.8, 4) is 11.3 Å². The summed E-state index contributed by atoms with van der Waals surface area (Å²) in [6.45, 7) is 3.10. The summed E-state index contributed by atoms with van der Waals surface area (Å²) in [5.41, 5.74) is 1.90. The largest absolute Gasteiger partial charge is 0.478 e. The van der Waals surface area contributed by atoms with E-state index in [1.807, 2.05) is 36.4 Å². The highest BCUT2D eigenvalue weighted by Gasteiger charge is 2.45. The summed E-state index contributed by atoms with van der Waals surface area (Å²) in [7, 11) is 0. The molecule has 2 aromatic heterocycles. The molecule has 29 heavy (non-hydrogen) atoms. The third-order valence-corrected chi connectivity index (χ3v) is 6.30. The summed E-state index contributed by atoms with van der Waals surface area (Å²) in [6.07, 6.45) is 1.79. The maximum absolute atomic E-state index is 11.3. The van der Waals surface area contributed by atoms with Crippen molar-refractivity contribution in [3.05, 3.63) is 77.8 Å². The van der Waals surface area contributed by atoms with Crippen molar-refractivity contribution in [2.24, 2.45) is 4.99 Å². The summed E-state index contributed by atoms with van der Waals surface area (Å²) in [4.78, 5) is 23.1. The predicted octanol–water partition coefficient (Wildman–Crippen LogP) is 4.63. The topological polar surface area (TPSA) is 78.9 Å². The highest BCUT2D eigenvalue weighted by molar-refractivity contribution is 8.14. The van der Waals surface area contributed by atoms with Gasteiger partial charge in [0.25, 0.3) is 0 Å². The molecule has 7 heteroatoms. The monoisotopic (exact) mass is 405 g/mol. The van der Waals surface area contributed by atoms with Gasteiger partial charge in [-0.05, 0) is 36.4 Å². The van der Waals surface area contributed by atoms with Crippen LogP contribution in [0.5, 0.6) is 0 Å². The molecule has 0 aliphatic carbocycles. The maximum Gasteiger partial charge on any atom is 0.335 e. The quantitative estimate of drug-likeness (QED) is 0.682. The van der Waals surface area contributed by atoms with Crippen LogP contribution >= 0.6 is 11.8 Å². The van der Waals surface area contributed by atoms with Gasteiger partial charge in [-0.25, -0.2) is 9.79 Å². The molecule has 0 saturated carbocycles. The fourth-order valence-corrected chi connectivity index (χ4v) is 4.99. The molecule has 3 atom stereocenters. The minimum absolute atomic E-state index is 0.0613. The number of amidine groups is 1. The average molecular weight is 405 g/mol. The van der Waals surface area contributed by atoms with Crippen molar-refractivity contribution in [2.75, 3.05) is 6.54 Å². The molecule has 1 aromatic carbocycles. The van der Waals surface area contributed by atoms with E-state index >= 15 is 0 Å². The molecule has 146 valence electrons. The minimum atomic E-state index is -0.953. The molecule has 5 rings (SSSR count). The van der Waals surface area contributed by atoms with Gasteiger partial charge in [-0.15, -0.1) is 0 Å². The lowest BCUT2D eigenvalue weighted by molar-refractivity contribution is 0.0697. The zero-order valence-corrected chi connectivity index (χ0v) is 16.5. The highest BCUT2D eigenvalue weighted by Crippen LogP contribution is 2.48. The van der Waals surface area contributed by atoms with Gasteiger partial charge in [0, 0.05) is 23.6 Å². The number of furan rings is 1. The molecular weight excluding hydrogens is 386 g/mol. The smallest absolute Gasteiger partial charge is 0.335 e. The first-order valence-electron chi connectivity index (χ1n) is 9.45. The molecule has 2 aliphatic heterocycles. The van der Waals surface area contributed by atoms with Crippen LogP contribution in [0.15, 0.2) is 70.2 Å². The molecule has 4 heterocycles. The first-order chi connectivity index (χ1) is 14.1. The molecular formula is C22H19N3O3S. The summed E-state index contributed by atoms with van der Waals surface area (Å²) >= 11 is 1.78. The van der Waals surface area contributed by atoms with Crippen molar-refractivity contribution in [1.29, 1.82) is 0 Å². The van der Waals surface area contributed by atoms with Gasteiger partial charge < -0.3 is 14.4 Å². The van der Waals surface area contributed by atoms with E-state index in [9.17, 15) is 9.90 Å². The van der Waals surface area contributed by atoms with Crippen LogP contribution in [0.2, 0.25) is 0 Å². The van der Waals surface area contributed by atoms with Crippen LogP contribution in [-0.4, -0.2) is 37.9 Å². The van der Waals surface area contributed by atoms with Crippen LogP contribution in [0.3, 0.4) is 0 Å². The number of carbonyl (C=O) groups is 1. The molecule has 0 amide bonds. The fourth-order valence-electron chi connectivity index (χ4n) is 3.90. The Kier molecular flexibility index (Phi) is 4.39. The number of carboxylic acid groups (broad SMARTS) is 1. The van der Waals surface area contributed by atoms with Crippen molar-refractivity contribution < 1.29 is 14.3 Å². The second kappa shape index (κ2) is 7.08. The van der Waals surface area contributed by atoms with Gasteiger partial charge in [0.15, 0.2) is 5.17 Å². The molecule has 0 radical (unpaired) electrons. The SMILES string of the molecule is CC1CN2C(=NC(c3ccccn3)C2c2ccc(-c3cccc(C(=O)O)c3)o2)S1. The summed E-state index contributed by atoms with van der Waals surface area (Å²) < 4.78 is 6.24. The molecule has 0 spiro atoms. The lowest BCUT2D eigenvalue weighted by atomic mass is 10.0. The van der Waals surface area contributed by atoms with Gasteiger partial charge in [0.1, 0.15) is 23.6 Å². The van der Waals surface area contributed by atoms with Gasteiger partial charge in [-0.1, -0.05) is 36.9 Å². The summed E-state index contributed by atoms with van der Waals surface area (Å²) in [6, 6.07) is 16.3. The zero-order valence-electron chi connectivity index (χ0n) is 15.7. The number of pyridine rings is 1. The standard InChI is InChI=1S/C22H19N3O3S/c1-13-12-25-20(19(24-22(25)29-13)16-7-2-3-10-23-16)18-9-8-17(28-18)14-5-4-6-15(11-14)21(26)27/h2-11,13,19-20H,12H2,1H3,(H,26,27). The Morgan fingerprint density at radius 1 is 1.21 bits per heavy atom. The third-order valence-electron chi connectivity index (χ3n) is 5.19. The van der Waals surface area contributed by atoms with Crippen molar-refractivity contribution >= 4 is 22.9 Å². The van der Waals surface area contributed by atoms with Gasteiger partial charge in [0.2, 0.25) is 0 Å². The predicted molar refractivity (Wildman–Crippen MR) is 112 cm³/mol. The van der Waals surface area contributed by atoms with Gasteiger partial charge in [0.05, 0.1) is 11.3 Å². The van der Waals surface area contributed by atoms with Crippen LogP contribution < -0.4 is 0 Å². The van der Waals surface area contributed by atoms with Gasteiger partial charge in [-0.3, -0.25) is 4.98 Å². The van der Waals surface area contributed by atoms with Crippen LogP contribution in [0, 0.1) is 0 Å². The number of carboxylic acids is 1. The first-order valence-corrected chi connectivity index (χ1v) is 10.3. The van der Waals surface area contributed by atoms with E-state index in [0.717, 1.165) is 28.7 Å². The Morgan fingerprint density at radius 3 is 2.90 bits per heavy atom. The maximum atomic E-state index is 11.3. The van der Waals surface area contributed by atoms with Crippen molar-refractivity contribution in [1.82, 2.24) is 9.88 Å². The Balaban J connectivity index is 1.52. The van der Waals surface area contributed by atoms with Crippen LogP contribution in [0.25, 0.3) is 11.3 Å². The first kappa shape index (κ1) is 18.0. The molecule has 1 saturated heterocycles. The Bertz CT molecular complexity index is 1100. The molecule has 3 aromatic rings. The second-order valence-corrected chi connectivity index (χ2v) is 8.63. The van der Waals surface area contributed by atoms with E-state index in [-0.39, 0.29) is 17.6 Å². The molecule has 3 unspecified atom stereocenters. The van der Waals surface area contributed by atoms with Crippen molar-refractivity contribution in [3.63, 3.8) is 0 Å². The third kappa shape index (κ3) is 3.21. The highest BCUT2D eigenvalue weighted by atomic mass is 32.2. The van der Waals surface area contributed by atoms with Gasteiger partial charge in [-0.2, -0.15) is 0 Å². The van der Waals surface area contributed by atoms with E-state index in [1.54, 1.807) is 36.2 Å². The lowest BCUT2D eigenvalue weighted by Crippen LogP contribution is -2.28. The lowest BCUT2D eigenvalue weighted by Gasteiger charge is -2.25. The number of nitrogens with zero attached hydrogens (tertiary/aromatic N) is 3. The van der Waals surface area contributed by atoms with E-state index in [0.29, 0.717) is 11.0 Å². The minimum Gasteiger partial charge on any atom is -0.478 e. The number of hydrogen-bond acceptors (Lipinski definition) is 6. The fraction of sp³-hybridized carbons (Fsp3) is 0.227. The second-order valence-electron chi connectivity index (χ2n) is 7.22.